The van der Waals surface area contributed by atoms with Gasteiger partial charge in [0.2, 0.25) is 5.91 Å². The van der Waals surface area contributed by atoms with Crippen molar-refractivity contribution in [3.05, 3.63) is 30.3 Å². The highest BCUT2D eigenvalue weighted by molar-refractivity contribution is 5.76. The molecular formula is C15H22N2O2. The third-order valence-electron chi connectivity index (χ3n) is 3.51. The molecule has 104 valence electrons. The van der Waals surface area contributed by atoms with Crippen molar-refractivity contribution >= 4 is 5.91 Å². The van der Waals surface area contributed by atoms with Gasteiger partial charge in [0.25, 0.3) is 0 Å². The smallest absolute Gasteiger partial charge is 0.223 e. The second-order valence-corrected chi connectivity index (χ2v) is 5.22. The van der Waals surface area contributed by atoms with E-state index in [9.17, 15) is 4.79 Å². The Kier molecular flexibility index (Phi) is 4.80. The Labute approximate surface area is 114 Å². The van der Waals surface area contributed by atoms with Crippen molar-refractivity contribution < 1.29 is 9.53 Å². The van der Waals surface area contributed by atoms with Crippen LogP contribution in [0, 0.1) is 5.41 Å². The van der Waals surface area contributed by atoms with Gasteiger partial charge in [0.15, 0.2) is 0 Å². The van der Waals surface area contributed by atoms with Crippen LogP contribution in [0.15, 0.2) is 30.3 Å². The fourth-order valence-corrected chi connectivity index (χ4v) is 2.12. The van der Waals surface area contributed by atoms with Crippen LogP contribution in [0.5, 0.6) is 5.75 Å². The number of ether oxygens (including phenoxy) is 1. The van der Waals surface area contributed by atoms with Crippen LogP contribution in [-0.2, 0) is 4.79 Å². The summed E-state index contributed by atoms with van der Waals surface area (Å²) in [6.45, 7) is 2.18. The van der Waals surface area contributed by atoms with E-state index in [0.29, 0.717) is 18.4 Å². The third-order valence-corrected chi connectivity index (χ3v) is 3.51. The summed E-state index contributed by atoms with van der Waals surface area (Å²) in [6, 6.07) is 9.57. The molecule has 0 spiro atoms. The molecule has 1 aliphatic rings. The standard InChI is InChI=1S/C15H22N2O2/c1-16-11-15(8-9-15)12-17-14(18)7-10-19-13-5-3-2-4-6-13/h2-6,16H,7-12H2,1H3,(H,17,18). The molecule has 4 heteroatoms. The molecule has 2 rings (SSSR count). The average Bonchev–Trinajstić information content (AvgIpc) is 3.19. The number of amides is 1. The first-order valence-electron chi connectivity index (χ1n) is 6.83. The molecule has 4 nitrogen and oxygen atoms in total. The van der Waals surface area contributed by atoms with Crippen molar-refractivity contribution in [1.82, 2.24) is 10.6 Å². The van der Waals surface area contributed by atoms with E-state index in [1.165, 1.54) is 12.8 Å². The Hall–Kier alpha value is -1.55. The molecule has 19 heavy (non-hydrogen) atoms. The highest BCUT2D eigenvalue weighted by Crippen LogP contribution is 2.44. The van der Waals surface area contributed by atoms with Crippen LogP contribution in [0.2, 0.25) is 0 Å². The molecule has 1 fully saturated rings. The summed E-state index contributed by atoms with van der Waals surface area (Å²) < 4.78 is 5.50. The molecule has 0 atom stereocenters. The van der Waals surface area contributed by atoms with E-state index < -0.39 is 0 Å². The first-order chi connectivity index (χ1) is 9.24. The number of hydrogen-bond acceptors (Lipinski definition) is 3. The maximum absolute atomic E-state index is 11.7. The number of carbonyl (C=O) groups is 1. The summed E-state index contributed by atoms with van der Waals surface area (Å²) in [5, 5.41) is 6.18. The Morgan fingerprint density at radius 1 is 1.26 bits per heavy atom. The van der Waals surface area contributed by atoms with E-state index in [2.05, 4.69) is 10.6 Å². The van der Waals surface area contributed by atoms with Crippen molar-refractivity contribution in [2.24, 2.45) is 5.41 Å². The number of nitrogens with one attached hydrogen (secondary N) is 2. The fourth-order valence-electron chi connectivity index (χ4n) is 2.12. The summed E-state index contributed by atoms with van der Waals surface area (Å²) in [7, 11) is 1.95. The predicted molar refractivity (Wildman–Crippen MR) is 75.2 cm³/mol. The maximum atomic E-state index is 11.7. The lowest BCUT2D eigenvalue weighted by Crippen LogP contribution is -2.35. The van der Waals surface area contributed by atoms with E-state index in [0.717, 1.165) is 18.8 Å². The van der Waals surface area contributed by atoms with Crippen LogP contribution in [0.1, 0.15) is 19.3 Å². The second-order valence-electron chi connectivity index (χ2n) is 5.22. The Morgan fingerprint density at radius 2 is 2.00 bits per heavy atom. The van der Waals surface area contributed by atoms with Crippen molar-refractivity contribution in [2.45, 2.75) is 19.3 Å². The Morgan fingerprint density at radius 3 is 2.63 bits per heavy atom. The molecular weight excluding hydrogens is 240 g/mol. The topological polar surface area (TPSA) is 50.4 Å². The molecule has 0 bridgehead atoms. The lowest BCUT2D eigenvalue weighted by atomic mass is 10.1. The van der Waals surface area contributed by atoms with Crippen LogP contribution < -0.4 is 15.4 Å². The lowest BCUT2D eigenvalue weighted by Gasteiger charge is -2.15. The minimum absolute atomic E-state index is 0.0679. The minimum Gasteiger partial charge on any atom is -0.493 e. The molecule has 1 aromatic carbocycles. The molecule has 0 heterocycles. The molecule has 1 amide bonds. The molecule has 2 N–H and O–H groups in total. The van der Waals surface area contributed by atoms with Crippen molar-refractivity contribution in [3.8, 4) is 5.75 Å². The molecule has 0 unspecified atom stereocenters. The van der Waals surface area contributed by atoms with Gasteiger partial charge in [-0.1, -0.05) is 18.2 Å². The zero-order valence-electron chi connectivity index (χ0n) is 11.4. The van der Waals surface area contributed by atoms with Crippen molar-refractivity contribution in [2.75, 3.05) is 26.7 Å². The molecule has 0 saturated heterocycles. The number of rotatable bonds is 8. The van der Waals surface area contributed by atoms with E-state index in [4.69, 9.17) is 4.74 Å². The van der Waals surface area contributed by atoms with Gasteiger partial charge in [-0.25, -0.2) is 0 Å². The Balaban J connectivity index is 1.60. The summed E-state index contributed by atoms with van der Waals surface area (Å²) in [6.07, 6.45) is 2.81. The first-order valence-corrected chi connectivity index (χ1v) is 6.83. The fraction of sp³-hybridized carbons (Fsp3) is 0.533. The molecule has 1 saturated carbocycles. The molecule has 1 aromatic rings. The lowest BCUT2D eigenvalue weighted by molar-refractivity contribution is -0.121. The summed E-state index contributed by atoms with van der Waals surface area (Å²) in [4.78, 5) is 11.7. The van der Waals surface area contributed by atoms with Crippen molar-refractivity contribution in [3.63, 3.8) is 0 Å². The van der Waals surface area contributed by atoms with E-state index in [1.54, 1.807) is 0 Å². The predicted octanol–water partition coefficient (Wildman–Crippen LogP) is 1.57. The number of para-hydroxylation sites is 1. The minimum atomic E-state index is 0.0679. The van der Waals surface area contributed by atoms with Crippen LogP contribution in [0.4, 0.5) is 0 Å². The van der Waals surface area contributed by atoms with Crippen molar-refractivity contribution in [1.29, 1.82) is 0 Å². The largest absolute Gasteiger partial charge is 0.493 e. The second kappa shape index (κ2) is 6.57. The van der Waals surface area contributed by atoms with Gasteiger partial charge in [-0.05, 0) is 32.0 Å². The van der Waals surface area contributed by atoms with Gasteiger partial charge in [0.1, 0.15) is 5.75 Å². The van der Waals surface area contributed by atoms with Gasteiger partial charge in [-0.3, -0.25) is 4.79 Å². The number of carbonyl (C=O) groups excluding carboxylic acids is 1. The van der Waals surface area contributed by atoms with Gasteiger partial charge in [0, 0.05) is 18.5 Å². The monoisotopic (exact) mass is 262 g/mol. The SMILES string of the molecule is CNCC1(CNC(=O)CCOc2ccccc2)CC1. The highest BCUT2D eigenvalue weighted by atomic mass is 16.5. The number of benzene rings is 1. The van der Waals surface area contributed by atoms with Crippen LogP contribution >= 0.6 is 0 Å². The van der Waals surface area contributed by atoms with E-state index in [-0.39, 0.29) is 5.91 Å². The van der Waals surface area contributed by atoms with Crippen LogP contribution in [-0.4, -0.2) is 32.7 Å². The molecule has 0 radical (unpaired) electrons. The zero-order valence-corrected chi connectivity index (χ0v) is 11.4. The quantitative estimate of drug-likeness (QED) is 0.747. The van der Waals surface area contributed by atoms with Gasteiger partial charge < -0.3 is 15.4 Å². The third kappa shape index (κ3) is 4.56. The van der Waals surface area contributed by atoms with Gasteiger partial charge >= 0.3 is 0 Å². The van der Waals surface area contributed by atoms with E-state index >= 15 is 0 Å². The zero-order chi connectivity index (χ0) is 13.6. The molecule has 0 aliphatic heterocycles. The van der Waals surface area contributed by atoms with Crippen LogP contribution in [0.3, 0.4) is 0 Å². The maximum Gasteiger partial charge on any atom is 0.223 e. The summed E-state index contributed by atoms with van der Waals surface area (Å²) >= 11 is 0. The molecule has 1 aliphatic carbocycles. The normalized spacial score (nSPS) is 15.8. The molecule has 0 aromatic heterocycles. The summed E-state index contributed by atoms with van der Waals surface area (Å²) in [5.74, 6) is 0.877. The average molecular weight is 262 g/mol. The van der Waals surface area contributed by atoms with Gasteiger partial charge in [0.05, 0.1) is 13.0 Å². The number of hydrogen-bond donors (Lipinski definition) is 2. The van der Waals surface area contributed by atoms with Gasteiger partial charge in [-0.15, -0.1) is 0 Å². The Bertz CT molecular complexity index is 402. The van der Waals surface area contributed by atoms with E-state index in [1.807, 2.05) is 37.4 Å². The summed E-state index contributed by atoms with van der Waals surface area (Å²) in [5.41, 5.74) is 0.310. The highest BCUT2D eigenvalue weighted by Gasteiger charge is 2.41. The first kappa shape index (κ1) is 13.9. The van der Waals surface area contributed by atoms with Crippen LogP contribution in [0.25, 0.3) is 0 Å². The van der Waals surface area contributed by atoms with Gasteiger partial charge in [-0.2, -0.15) is 0 Å².